The van der Waals surface area contributed by atoms with Crippen molar-refractivity contribution in [1.29, 1.82) is 0 Å². The number of rotatable bonds is 2. The van der Waals surface area contributed by atoms with Crippen molar-refractivity contribution in [3.63, 3.8) is 0 Å². The topological polar surface area (TPSA) is 51.7 Å². The minimum atomic E-state index is -0.0101. The molecule has 1 amide bonds. The number of hydrogen-bond acceptors (Lipinski definition) is 4. The number of morpholine rings is 1. The van der Waals surface area contributed by atoms with Gasteiger partial charge in [0.25, 0.3) is 5.91 Å². The zero-order valence-corrected chi connectivity index (χ0v) is 11.7. The Balaban J connectivity index is 1.81. The van der Waals surface area contributed by atoms with Crippen molar-refractivity contribution in [1.82, 2.24) is 9.88 Å². The van der Waals surface area contributed by atoms with E-state index in [2.05, 4.69) is 4.98 Å². The van der Waals surface area contributed by atoms with Crippen LogP contribution in [0.4, 0.5) is 0 Å². The molecule has 0 N–H and O–H groups in total. The number of amides is 1. The molecule has 0 spiro atoms. The van der Waals surface area contributed by atoms with E-state index in [9.17, 15) is 4.79 Å². The summed E-state index contributed by atoms with van der Waals surface area (Å²) >= 11 is 0. The van der Waals surface area contributed by atoms with E-state index in [1.165, 1.54) is 12.8 Å². The van der Waals surface area contributed by atoms with Gasteiger partial charge in [-0.25, -0.2) is 0 Å². The fraction of sp³-hybridized carbons (Fsp3) is 0.600. The van der Waals surface area contributed by atoms with Crippen LogP contribution in [0.15, 0.2) is 18.3 Å². The normalized spacial score (nSPS) is 25.9. The number of methoxy groups -OCH3 is 1. The molecule has 3 rings (SSSR count). The van der Waals surface area contributed by atoms with Crippen LogP contribution >= 0.6 is 0 Å². The Bertz CT molecular complexity index is 490. The molecule has 1 aliphatic carbocycles. The summed E-state index contributed by atoms with van der Waals surface area (Å²) in [5.41, 5.74) is 0.454. The Morgan fingerprint density at radius 3 is 3.15 bits per heavy atom. The molecule has 0 radical (unpaired) electrons. The molecule has 108 valence electrons. The Morgan fingerprint density at radius 1 is 1.45 bits per heavy atom. The van der Waals surface area contributed by atoms with Crippen LogP contribution in [0.1, 0.15) is 36.2 Å². The summed E-state index contributed by atoms with van der Waals surface area (Å²) in [5, 5.41) is 0. The van der Waals surface area contributed by atoms with E-state index in [4.69, 9.17) is 9.47 Å². The van der Waals surface area contributed by atoms with E-state index in [0.29, 0.717) is 24.6 Å². The predicted molar refractivity (Wildman–Crippen MR) is 73.8 cm³/mol. The summed E-state index contributed by atoms with van der Waals surface area (Å²) in [6, 6.07) is 3.66. The second-order valence-electron chi connectivity index (χ2n) is 5.34. The summed E-state index contributed by atoms with van der Waals surface area (Å²) in [5.74, 6) is 0.654. The molecule has 2 fully saturated rings. The SMILES string of the molecule is COc1ccnc(C(=O)N2CCO[C@@H]3CCCC[C@H]32)c1. The van der Waals surface area contributed by atoms with Crippen molar-refractivity contribution in [2.45, 2.75) is 37.8 Å². The minimum absolute atomic E-state index is 0.0101. The zero-order valence-electron chi connectivity index (χ0n) is 11.7. The summed E-state index contributed by atoms with van der Waals surface area (Å²) in [4.78, 5) is 18.8. The molecule has 1 saturated carbocycles. The van der Waals surface area contributed by atoms with E-state index >= 15 is 0 Å². The molecular weight excluding hydrogens is 256 g/mol. The first-order valence-electron chi connectivity index (χ1n) is 7.22. The van der Waals surface area contributed by atoms with E-state index in [0.717, 1.165) is 12.8 Å². The van der Waals surface area contributed by atoms with Gasteiger partial charge in [-0.3, -0.25) is 9.78 Å². The fourth-order valence-corrected chi connectivity index (χ4v) is 3.15. The lowest BCUT2D eigenvalue weighted by molar-refractivity contribution is -0.0754. The molecular formula is C15H20N2O3. The average molecular weight is 276 g/mol. The number of hydrogen-bond donors (Lipinski definition) is 0. The van der Waals surface area contributed by atoms with Crippen LogP contribution in [-0.2, 0) is 4.74 Å². The summed E-state index contributed by atoms with van der Waals surface area (Å²) < 4.78 is 11.0. The van der Waals surface area contributed by atoms with Crippen molar-refractivity contribution >= 4 is 5.91 Å². The number of nitrogens with zero attached hydrogens (tertiary/aromatic N) is 2. The van der Waals surface area contributed by atoms with Gasteiger partial charge in [-0.15, -0.1) is 0 Å². The highest BCUT2D eigenvalue weighted by atomic mass is 16.5. The van der Waals surface area contributed by atoms with Crippen molar-refractivity contribution in [3.05, 3.63) is 24.0 Å². The van der Waals surface area contributed by atoms with E-state index < -0.39 is 0 Å². The van der Waals surface area contributed by atoms with Crippen LogP contribution in [0.25, 0.3) is 0 Å². The molecule has 2 heterocycles. The Kier molecular flexibility index (Phi) is 3.87. The summed E-state index contributed by atoms with van der Waals surface area (Å²) in [6.07, 6.45) is 6.26. The average Bonchev–Trinajstić information content (AvgIpc) is 2.53. The van der Waals surface area contributed by atoms with Crippen LogP contribution in [0.3, 0.4) is 0 Å². The highest BCUT2D eigenvalue weighted by molar-refractivity contribution is 5.93. The number of aromatic nitrogens is 1. The maximum Gasteiger partial charge on any atom is 0.273 e. The first kappa shape index (κ1) is 13.4. The first-order chi connectivity index (χ1) is 9.79. The highest BCUT2D eigenvalue weighted by Gasteiger charge is 2.37. The van der Waals surface area contributed by atoms with Gasteiger partial charge in [-0.2, -0.15) is 0 Å². The van der Waals surface area contributed by atoms with Crippen molar-refractivity contribution in [2.24, 2.45) is 0 Å². The maximum atomic E-state index is 12.7. The van der Waals surface area contributed by atoms with Crippen LogP contribution in [0, 0.1) is 0 Å². The van der Waals surface area contributed by atoms with E-state index in [1.54, 1.807) is 25.4 Å². The molecule has 5 heteroatoms. The molecule has 1 aliphatic heterocycles. The lowest BCUT2D eigenvalue weighted by Gasteiger charge is -2.43. The molecule has 2 atom stereocenters. The lowest BCUT2D eigenvalue weighted by Crippen LogP contribution is -2.54. The molecule has 0 bridgehead atoms. The quantitative estimate of drug-likeness (QED) is 0.827. The van der Waals surface area contributed by atoms with Gasteiger partial charge in [0.15, 0.2) is 0 Å². The van der Waals surface area contributed by atoms with Crippen molar-refractivity contribution in [3.8, 4) is 5.75 Å². The predicted octanol–water partition coefficient (Wildman–Crippen LogP) is 1.87. The Hall–Kier alpha value is -1.62. The molecule has 1 aromatic heterocycles. The molecule has 20 heavy (non-hydrogen) atoms. The van der Waals surface area contributed by atoms with Gasteiger partial charge in [0, 0.05) is 18.8 Å². The number of fused-ring (bicyclic) bond motifs is 1. The zero-order chi connectivity index (χ0) is 13.9. The van der Waals surface area contributed by atoms with Crippen LogP contribution in [-0.4, -0.2) is 48.2 Å². The molecule has 0 aromatic carbocycles. The standard InChI is InChI=1S/C15H20N2O3/c1-19-11-6-7-16-12(10-11)15(18)17-8-9-20-14-5-3-2-4-13(14)17/h6-7,10,13-14H,2-5,8-9H2,1H3/t13-,14-/m1/s1. The second-order valence-corrected chi connectivity index (χ2v) is 5.34. The third-order valence-electron chi connectivity index (χ3n) is 4.18. The van der Waals surface area contributed by atoms with Gasteiger partial charge in [0.05, 0.1) is 25.9 Å². The molecule has 1 saturated heterocycles. The molecule has 5 nitrogen and oxygen atoms in total. The molecule has 0 unspecified atom stereocenters. The Morgan fingerprint density at radius 2 is 2.30 bits per heavy atom. The third-order valence-corrected chi connectivity index (χ3v) is 4.18. The van der Waals surface area contributed by atoms with Gasteiger partial charge in [0.2, 0.25) is 0 Å². The van der Waals surface area contributed by atoms with Gasteiger partial charge >= 0.3 is 0 Å². The maximum absolute atomic E-state index is 12.7. The number of carbonyl (C=O) groups is 1. The van der Waals surface area contributed by atoms with Crippen LogP contribution < -0.4 is 4.74 Å². The van der Waals surface area contributed by atoms with Crippen LogP contribution in [0.2, 0.25) is 0 Å². The van der Waals surface area contributed by atoms with E-state index in [-0.39, 0.29) is 18.1 Å². The molecule has 2 aliphatic rings. The van der Waals surface area contributed by atoms with Gasteiger partial charge in [-0.1, -0.05) is 12.8 Å². The Labute approximate surface area is 118 Å². The lowest BCUT2D eigenvalue weighted by atomic mass is 9.90. The van der Waals surface area contributed by atoms with E-state index in [1.807, 2.05) is 4.90 Å². The van der Waals surface area contributed by atoms with Gasteiger partial charge in [0.1, 0.15) is 11.4 Å². The van der Waals surface area contributed by atoms with Gasteiger partial charge < -0.3 is 14.4 Å². The fourth-order valence-electron chi connectivity index (χ4n) is 3.15. The summed E-state index contributed by atoms with van der Waals surface area (Å²) in [6.45, 7) is 1.27. The second kappa shape index (κ2) is 5.79. The van der Waals surface area contributed by atoms with Gasteiger partial charge in [-0.05, 0) is 18.9 Å². The van der Waals surface area contributed by atoms with Crippen molar-refractivity contribution in [2.75, 3.05) is 20.3 Å². The van der Waals surface area contributed by atoms with Crippen LogP contribution in [0.5, 0.6) is 5.75 Å². The largest absolute Gasteiger partial charge is 0.497 e. The number of pyridine rings is 1. The number of carbonyl (C=O) groups excluding carboxylic acids is 1. The highest BCUT2D eigenvalue weighted by Crippen LogP contribution is 2.29. The third kappa shape index (κ3) is 2.50. The summed E-state index contributed by atoms with van der Waals surface area (Å²) in [7, 11) is 1.59. The van der Waals surface area contributed by atoms with Crippen molar-refractivity contribution < 1.29 is 14.3 Å². The monoisotopic (exact) mass is 276 g/mol. The smallest absolute Gasteiger partial charge is 0.273 e. The minimum Gasteiger partial charge on any atom is -0.497 e. The molecule has 1 aromatic rings. The number of ether oxygens (including phenoxy) is 2. The first-order valence-corrected chi connectivity index (χ1v) is 7.22.